The molecule has 3 aliphatic heterocycles. The molecule has 0 saturated carbocycles. The van der Waals surface area contributed by atoms with Crippen LogP contribution in [0.5, 0.6) is 0 Å². The fourth-order valence-corrected chi connectivity index (χ4v) is 7.38. The number of fused-ring (bicyclic) bond motifs is 4. The summed E-state index contributed by atoms with van der Waals surface area (Å²) in [4.78, 5) is 21.8. The number of methoxy groups -OCH3 is 1. The van der Waals surface area contributed by atoms with Crippen molar-refractivity contribution in [3.05, 3.63) is 64.6 Å². The molecule has 7 nitrogen and oxygen atoms in total. The van der Waals surface area contributed by atoms with Crippen LogP contribution in [0.15, 0.2) is 36.7 Å². The van der Waals surface area contributed by atoms with E-state index in [2.05, 4.69) is 58.7 Å². The minimum absolute atomic E-state index is 0.00941. The number of halogens is 3. The molecule has 4 aromatic rings. The van der Waals surface area contributed by atoms with Gasteiger partial charge in [-0.15, -0.1) is 0 Å². The van der Waals surface area contributed by atoms with E-state index < -0.39 is 11.7 Å². The molecule has 3 aromatic heterocycles. The lowest BCUT2D eigenvalue weighted by molar-refractivity contribution is -0.137. The molecule has 10 heteroatoms. The summed E-state index contributed by atoms with van der Waals surface area (Å²) < 4.78 is 49.0. The standard InChI is InChI=1S/C33H37F3N6O/c1-18(2)20-6-5-19(3)28(13-20)41-12-10-27-25(17-41)32(42-21-7-8-22(42)15-23(14-21)43-4)40-31(39-27)29-24-9-11-37-30(24)38-16-26(29)33(34,35)36/h5-6,9,11,13,16,18,21-23H,7-8,10,12,14-15,17H2,1-4H3,(H,37,38)/t21-,22+,23?. The van der Waals surface area contributed by atoms with Crippen molar-refractivity contribution < 1.29 is 17.9 Å². The lowest BCUT2D eigenvalue weighted by atomic mass is 9.96. The zero-order valence-corrected chi connectivity index (χ0v) is 25.0. The highest BCUT2D eigenvalue weighted by atomic mass is 19.4. The Labute approximate surface area is 249 Å². The number of rotatable bonds is 5. The molecule has 226 valence electrons. The van der Waals surface area contributed by atoms with Crippen molar-refractivity contribution in [2.24, 2.45) is 0 Å². The molecule has 2 bridgehead atoms. The highest BCUT2D eigenvalue weighted by Crippen LogP contribution is 2.45. The number of H-pyrrole nitrogens is 1. The minimum atomic E-state index is -4.60. The van der Waals surface area contributed by atoms with Gasteiger partial charge in [0, 0.05) is 73.3 Å². The van der Waals surface area contributed by atoms with Crippen LogP contribution < -0.4 is 9.80 Å². The molecule has 1 N–H and O–H groups in total. The fourth-order valence-electron chi connectivity index (χ4n) is 7.38. The number of benzene rings is 1. The monoisotopic (exact) mass is 590 g/mol. The van der Waals surface area contributed by atoms with E-state index in [-0.39, 0.29) is 29.6 Å². The summed E-state index contributed by atoms with van der Waals surface area (Å²) in [5, 5.41) is 0.375. The van der Waals surface area contributed by atoms with Crippen LogP contribution in [-0.2, 0) is 23.9 Å². The Morgan fingerprint density at radius 2 is 1.84 bits per heavy atom. The van der Waals surface area contributed by atoms with Crippen molar-refractivity contribution in [3.63, 3.8) is 0 Å². The van der Waals surface area contributed by atoms with Gasteiger partial charge in [0.1, 0.15) is 11.5 Å². The van der Waals surface area contributed by atoms with Gasteiger partial charge in [-0.05, 0) is 61.8 Å². The van der Waals surface area contributed by atoms with Crippen molar-refractivity contribution in [1.82, 2.24) is 19.9 Å². The van der Waals surface area contributed by atoms with E-state index in [9.17, 15) is 13.2 Å². The molecule has 2 saturated heterocycles. The molecule has 3 aliphatic rings. The van der Waals surface area contributed by atoms with E-state index in [1.165, 1.54) is 16.8 Å². The van der Waals surface area contributed by atoms with E-state index in [0.717, 1.165) is 55.5 Å². The van der Waals surface area contributed by atoms with Crippen molar-refractivity contribution >= 4 is 22.5 Å². The average Bonchev–Trinajstić information content (AvgIpc) is 3.56. The molecule has 0 amide bonds. The largest absolute Gasteiger partial charge is 0.418 e. The van der Waals surface area contributed by atoms with Crippen LogP contribution in [0.3, 0.4) is 0 Å². The van der Waals surface area contributed by atoms with E-state index in [4.69, 9.17) is 14.7 Å². The Morgan fingerprint density at radius 1 is 1.07 bits per heavy atom. The quantitative estimate of drug-likeness (QED) is 0.266. The number of hydrogen-bond acceptors (Lipinski definition) is 6. The molecule has 0 spiro atoms. The van der Waals surface area contributed by atoms with Crippen LogP contribution in [0.4, 0.5) is 24.7 Å². The summed E-state index contributed by atoms with van der Waals surface area (Å²) in [5.41, 5.74) is 5.09. The second-order valence-corrected chi connectivity index (χ2v) is 12.6. The molecule has 7 rings (SSSR count). The number of anilines is 2. The average molecular weight is 591 g/mol. The molecule has 2 fully saturated rings. The van der Waals surface area contributed by atoms with Gasteiger partial charge >= 0.3 is 6.18 Å². The second-order valence-electron chi connectivity index (χ2n) is 12.6. The molecule has 1 unspecified atom stereocenters. The summed E-state index contributed by atoms with van der Waals surface area (Å²) in [5.74, 6) is 1.30. The highest BCUT2D eigenvalue weighted by molar-refractivity contribution is 5.93. The Morgan fingerprint density at radius 3 is 2.53 bits per heavy atom. The van der Waals surface area contributed by atoms with Crippen LogP contribution in [0.25, 0.3) is 22.4 Å². The zero-order chi connectivity index (χ0) is 30.0. The number of ether oxygens (including phenoxy) is 1. The molecule has 6 heterocycles. The fraction of sp³-hybridized carbons (Fsp3) is 0.485. The molecular weight excluding hydrogens is 553 g/mol. The topological polar surface area (TPSA) is 70.2 Å². The number of hydrogen-bond donors (Lipinski definition) is 1. The number of nitrogens with zero attached hydrogens (tertiary/aromatic N) is 5. The normalized spacial score (nSPS) is 22.1. The summed E-state index contributed by atoms with van der Waals surface area (Å²) >= 11 is 0. The Balaban J connectivity index is 1.40. The summed E-state index contributed by atoms with van der Waals surface area (Å²) in [6, 6.07) is 8.74. The Hall–Kier alpha value is -3.66. The number of aromatic amines is 1. The Bertz CT molecular complexity index is 1670. The third-order valence-corrected chi connectivity index (χ3v) is 9.66. The van der Waals surface area contributed by atoms with Crippen LogP contribution >= 0.6 is 0 Å². The van der Waals surface area contributed by atoms with Crippen LogP contribution in [0.1, 0.15) is 73.4 Å². The highest BCUT2D eigenvalue weighted by Gasteiger charge is 2.44. The van der Waals surface area contributed by atoms with Gasteiger partial charge in [0.05, 0.1) is 17.4 Å². The summed E-state index contributed by atoms with van der Waals surface area (Å²) in [6.07, 6.45) is 2.51. The van der Waals surface area contributed by atoms with Crippen molar-refractivity contribution in [1.29, 1.82) is 0 Å². The minimum Gasteiger partial charge on any atom is -0.381 e. The Kier molecular flexibility index (Phi) is 6.87. The number of aryl methyl sites for hydroxylation is 1. The third-order valence-electron chi connectivity index (χ3n) is 9.66. The van der Waals surface area contributed by atoms with E-state index in [1.807, 2.05) is 0 Å². The first-order valence-electron chi connectivity index (χ1n) is 15.2. The molecule has 3 atom stereocenters. The number of pyridine rings is 1. The number of nitrogens with one attached hydrogen (secondary N) is 1. The maximum atomic E-state index is 14.4. The molecule has 1 aromatic carbocycles. The predicted molar refractivity (Wildman–Crippen MR) is 161 cm³/mol. The maximum Gasteiger partial charge on any atom is 0.418 e. The second kappa shape index (κ2) is 10.5. The first kappa shape index (κ1) is 28.1. The van der Waals surface area contributed by atoms with Crippen molar-refractivity contribution in [2.45, 2.75) is 89.7 Å². The lowest BCUT2D eigenvalue weighted by Crippen LogP contribution is -2.47. The van der Waals surface area contributed by atoms with E-state index in [1.54, 1.807) is 19.4 Å². The van der Waals surface area contributed by atoms with Gasteiger partial charge in [0.15, 0.2) is 5.82 Å². The number of piperidine rings is 1. The number of alkyl halides is 3. The molecule has 0 radical (unpaired) electrons. The van der Waals surface area contributed by atoms with E-state index in [0.29, 0.717) is 29.9 Å². The summed E-state index contributed by atoms with van der Waals surface area (Å²) in [6.45, 7) is 7.87. The van der Waals surface area contributed by atoms with Crippen LogP contribution in [0, 0.1) is 6.92 Å². The van der Waals surface area contributed by atoms with Gasteiger partial charge in [0.2, 0.25) is 0 Å². The molecule has 0 aliphatic carbocycles. The number of aromatic nitrogens is 4. The first-order chi connectivity index (χ1) is 20.6. The van der Waals surface area contributed by atoms with Gasteiger partial charge in [0.25, 0.3) is 0 Å². The molecule has 43 heavy (non-hydrogen) atoms. The molecular formula is C33H37F3N6O. The SMILES string of the molecule is COC1C[C@H]2CC[C@@H](C1)N2c1nc(-c2c(C(F)(F)F)cnc3[nH]ccc23)nc2c1CN(c1cc(C(C)C)ccc1C)CC2. The summed E-state index contributed by atoms with van der Waals surface area (Å²) in [7, 11) is 1.76. The van der Waals surface area contributed by atoms with Gasteiger partial charge < -0.3 is 19.5 Å². The zero-order valence-electron chi connectivity index (χ0n) is 25.0. The first-order valence-corrected chi connectivity index (χ1v) is 15.2. The maximum absolute atomic E-state index is 14.4. The predicted octanol–water partition coefficient (Wildman–Crippen LogP) is 7.18. The van der Waals surface area contributed by atoms with Crippen molar-refractivity contribution in [2.75, 3.05) is 23.5 Å². The van der Waals surface area contributed by atoms with Gasteiger partial charge in [-0.25, -0.2) is 15.0 Å². The lowest BCUT2D eigenvalue weighted by Gasteiger charge is -2.42. The van der Waals surface area contributed by atoms with Gasteiger partial charge in [-0.2, -0.15) is 13.2 Å². The van der Waals surface area contributed by atoms with Crippen LogP contribution in [-0.4, -0.2) is 51.8 Å². The van der Waals surface area contributed by atoms with Gasteiger partial charge in [-0.3, -0.25) is 0 Å². The smallest absolute Gasteiger partial charge is 0.381 e. The van der Waals surface area contributed by atoms with Crippen LogP contribution in [0.2, 0.25) is 0 Å². The third kappa shape index (κ3) is 4.83. The van der Waals surface area contributed by atoms with Gasteiger partial charge in [-0.1, -0.05) is 26.0 Å². The van der Waals surface area contributed by atoms with Crippen molar-refractivity contribution in [3.8, 4) is 11.4 Å². The van der Waals surface area contributed by atoms with E-state index >= 15 is 0 Å².